The summed E-state index contributed by atoms with van der Waals surface area (Å²) in [6.45, 7) is 14.8. The monoisotopic (exact) mass is 950 g/mol. The molecule has 2 saturated heterocycles. The number of anilines is 6. The molecule has 17 heteroatoms. The van der Waals surface area contributed by atoms with E-state index in [0.29, 0.717) is 42.1 Å². The van der Waals surface area contributed by atoms with Crippen LogP contribution in [0.5, 0.6) is 11.6 Å². The van der Waals surface area contributed by atoms with Crippen LogP contribution in [-0.4, -0.2) is 149 Å². The number of nitrogen functional groups attached to an aromatic ring is 1. The molecule has 0 spiro atoms. The van der Waals surface area contributed by atoms with Gasteiger partial charge in [0.25, 0.3) is 0 Å². The molecule has 7 aromatic rings. The predicted molar refractivity (Wildman–Crippen MR) is 283 cm³/mol. The first-order chi connectivity index (χ1) is 34.2. The van der Waals surface area contributed by atoms with Crippen molar-refractivity contribution >= 4 is 51.2 Å². The number of aryl methyl sites for hydroxylation is 2. The third kappa shape index (κ3) is 11.7. The van der Waals surface area contributed by atoms with Gasteiger partial charge in [0.1, 0.15) is 17.4 Å². The summed E-state index contributed by atoms with van der Waals surface area (Å²) >= 11 is 0. The Kier molecular flexibility index (Phi) is 15.8. The maximum Gasteiger partial charge on any atom is 0.227 e. The van der Waals surface area contributed by atoms with Gasteiger partial charge in [-0.05, 0) is 82.4 Å². The number of hydrogen-bond acceptors (Lipinski definition) is 15. The van der Waals surface area contributed by atoms with Crippen LogP contribution in [0.25, 0.3) is 27.8 Å². The average molecular weight is 950 g/mol. The van der Waals surface area contributed by atoms with Gasteiger partial charge < -0.3 is 54.9 Å². The number of para-hydroxylation sites is 1. The molecular formula is C53H71N15O2. The van der Waals surface area contributed by atoms with Crippen LogP contribution in [0.4, 0.5) is 34.6 Å². The van der Waals surface area contributed by atoms with Crippen LogP contribution in [0.15, 0.2) is 85.5 Å². The minimum Gasteiger partial charge on any atom is -0.494 e. The molecule has 70 heavy (non-hydrogen) atoms. The molecule has 4 N–H and O–H groups in total. The molecule has 2 aliphatic heterocycles. The van der Waals surface area contributed by atoms with Gasteiger partial charge in [-0.3, -0.25) is 0 Å². The van der Waals surface area contributed by atoms with Crippen LogP contribution >= 0.6 is 0 Å². The maximum atomic E-state index is 6.66. The van der Waals surface area contributed by atoms with Gasteiger partial charge in [-0.25, -0.2) is 19.9 Å². The lowest BCUT2D eigenvalue weighted by Gasteiger charge is -2.35. The van der Waals surface area contributed by atoms with Gasteiger partial charge in [0, 0.05) is 138 Å². The van der Waals surface area contributed by atoms with Crippen LogP contribution < -0.4 is 35.6 Å². The Bertz CT molecular complexity index is 2800. The first-order valence-electron chi connectivity index (χ1n) is 25.1. The van der Waals surface area contributed by atoms with Gasteiger partial charge >= 0.3 is 0 Å². The van der Waals surface area contributed by atoms with Crippen molar-refractivity contribution in [3.63, 3.8) is 0 Å². The van der Waals surface area contributed by atoms with Crippen LogP contribution in [0.3, 0.4) is 0 Å². The number of piperidine rings is 1. The molecule has 0 amide bonds. The molecule has 9 rings (SSSR count). The molecule has 0 atom stereocenters. The van der Waals surface area contributed by atoms with E-state index in [1.165, 1.54) is 19.3 Å². The SMILES string of the molecule is CCc1cnn2c(NCc3ccc(OCCCN4CCN(CCCN(C)CCN(C)c5cc(OC)c(Nc6nccc(-c7cn(C)c8ccccc78)n6)cc5N)CC4)nc3)cc(N3CCCCC3)nc12. The van der Waals surface area contributed by atoms with E-state index in [9.17, 15) is 0 Å². The van der Waals surface area contributed by atoms with Crippen molar-refractivity contribution in [2.75, 3.05) is 126 Å². The second-order valence-corrected chi connectivity index (χ2v) is 18.8. The molecule has 0 unspecified atom stereocenters. The Balaban J connectivity index is 0.655. The zero-order chi connectivity index (χ0) is 48.4. The van der Waals surface area contributed by atoms with Crippen molar-refractivity contribution in [1.82, 2.24) is 48.8 Å². The normalized spacial score (nSPS) is 14.7. The Morgan fingerprint density at radius 1 is 0.829 bits per heavy atom. The van der Waals surface area contributed by atoms with Crippen molar-refractivity contribution in [3.05, 3.63) is 96.6 Å². The van der Waals surface area contributed by atoms with E-state index in [0.717, 1.165) is 148 Å². The standard InChI is InChI=1S/C53H71N15O2/c1-6-40-37-58-68-49(34-50(61-52(40)68)67-23-10-7-11-24-67)56-35-39-16-17-51(57-36-39)70-31-13-22-66-29-27-65(28-30-66)21-12-20-62(2)25-26-63(3)47-33-48(69-5)45(32-43(47)54)60-53-55-19-18-44(59-53)42-38-64(4)46-15-9-8-14-41(42)46/h8-9,14-19,32-34,36-38,56H,6-7,10-13,20-31,35,54H2,1-5H3,(H,55,59,60). The van der Waals surface area contributed by atoms with E-state index < -0.39 is 0 Å². The van der Waals surface area contributed by atoms with Crippen molar-refractivity contribution < 1.29 is 9.47 Å². The number of nitrogens with two attached hydrogens (primary N) is 1. The van der Waals surface area contributed by atoms with E-state index >= 15 is 0 Å². The van der Waals surface area contributed by atoms with Crippen LogP contribution in [-0.2, 0) is 20.0 Å². The molecule has 5 aromatic heterocycles. The summed E-state index contributed by atoms with van der Waals surface area (Å²) in [6.07, 6.45) is 14.4. The highest BCUT2D eigenvalue weighted by atomic mass is 16.5. The fraction of sp³-hybridized carbons (Fsp3) is 0.453. The highest BCUT2D eigenvalue weighted by molar-refractivity contribution is 5.95. The fourth-order valence-corrected chi connectivity index (χ4v) is 9.69. The molecule has 2 aromatic carbocycles. The van der Waals surface area contributed by atoms with Crippen molar-refractivity contribution in [1.29, 1.82) is 0 Å². The minimum absolute atomic E-state index is 0.473. The number of ether oxygens (including phenoxy) is 2. The number of rotatable bonds is 22. The van der Waals surface area contributed by atoms with Crippen LogP contribution in [0, 0.1) is 0 Å². The highest BCUT2D eigenvalue weighted by Crippen LogP contribution is 2.37. The summed E-state index contributed by atoms with van der Waals surface area (Å²) in [4.78, 5) is 31.2. The van der Waals surface area contributed by atoms with Gasteiger partial charge in [0.2, 0.25) is 11.8 Å². The fourth-order valence-electron chi connectivity index (χ4n) is 9.69. The lowest BCUT2D eigenvalue weighted by Crippen LogP contribution is -2.47. The number of piperazine rings is 1. The number of hydrogen-bond donors (Lipinski definition) is 3. The summed E-state index contributed by atoms with van der Waals surface area (Å²) < 4.78 is 16.0. The largest absolute Gasteiger partial charge is 0.494 e. The number of pyridine rings is 1. The number of aromatic nitrogens is 7. The lowest BCUT2D eigenvalue weighted by atomic mass is 10.1. The topological polar surface area (TPSA) is 159 Å². The van der Waals surface area contributed by atoms with Gasteiger partial charge in [0.05, 0.1) is 42.7 Å². The molecule has 7 heterocycles. The zero-order valence-corrected chi connectivity index (χ0v) is 41.8. The quantitative estimate of drug-likeness (QED) is 0.0455. The Hall–Kier alpha value is -6.69. The van der Waals surface area contributed by atoms with Gasteiger partial charge in [-0.15, -0.1) is 0 Å². The predicted octanol–water partition coefficient (Wildman–Crippen LogP) is 7.42. The molecular weight excluding hydrogens is 879 g/mol. The van der Waals surface area contributed by atoms with Gasteiger partial charge in [-0.2, -0.15) is 9.61 Å². The second-order valence-electron chi connectivity index (χ2n) is 18.8. The van der Waals surface area contributed by atoms with Crippen LogP contribution in [0.2, 0.25) is 0 Å². The zero-order valence-electron chi connectivity index (χ0n) is 41.8. The number of nitrogens with zero attached hydrogens (tertiary/aromatic N) is 12. The number of methoxy groups -OCH3 is 1. The summed E-state index contributed by atoms with van der Waals surface area (Å²) in [6, 6.07) is 20.4. The van der Waals surface area contributed by atoms with Gasteiger partial charge in [-0.1, -0.05) is 31.2 Å². The number of likely N-dealkylation sites (N-methyl/N-ethyl adjacent to an activating group) is 2. The van der Waals surface area contributed by atoms with Crippen molar-refractivity contribution in [3.8, 4) is 22.9 Å². The maximum absolute atomic E-state index is 6.66. The van der Waals surface area contributed by atoms with E-state index in [4.69, 9.17) is 25.2 Å². The summed E-state index contributed by atoms with van der Waals surface area (Å²) in [5.74, 6) is 3.79. The Labute approximate surface area is 412 Å². The first-order valence-corrected chi connectivity index (χ1v) is 25.1. The number of fused-ring (bicyclic) bond motifs is 2. The molecule has 0 aliphatic carbocycles. The van der Waals surface area contributed by atoms with Gasteiger partial charge in [0.15, 0.2) is 5.65 Å². The first kappa shape index (κ1) is 48.3. The third-order valence-electron chi connectivity index (χ3n) is 13.9. The molecule has 2 fully saturated rings. The smallest absolute Gasteiger partial charge is 0.227 e. The molecule has 2 aliphatic rings. The molecule has 0 bridgehead atoms. The average Bonchev–Trinajstić information content (AvgIpc) is 3.98. The second kappa shape index (κ2) is 22.8. The minimum atomic E-state index is 0.473. The van der Waals surface area contributed by atoms with Crippen molar-refractivity contribution in [2.24, 2.45) is 7.05 Å². The van der Waals surface area contributed by atoms with Crippen molar-refractivity contribution in [2.45, 2.75) is 52.0 Å². The van der Waals surface area contributed by atoms with E-state index in [-0.39, 0.29) is 0 Å². The lowest BCUT2D eigenvalue weighted by molar-refractivity contribution is 0.122. The highest BCUT2D eigenvalue weighted by Gasteiger charge is 2.20. The molecule has 370 valence electrons. The van der Waals surface area contributed by atoms with E-state index in [1.807, 2.05) is 60.4 Å². The summed E-state index contributed by atoms with van der Waals surface area (Å²) in [5, 5.41) is 12.8. The molecule has 0 radical (unpaired) electrons. The van der Waals surface area contributed by atoms with E-state index in [2.05, 4.69) is 106 Å². The van der Waals surface area contributed by atoms with E-state index in [1.54, 1.807) is 13.3 Å². The molecule has 17 nitrogen and oxygen atoms in total. The summed E-state index contributed by atoms with van der Waals surface area (Å²) in [7, 11) is 8.00. The molecule has 0 saturated carbocycles. The van der Waals surface area contributed by atoms with Crippen LogP contribution in [0.1, 0.15) is 50.2 Å². The third-order valence-corrected chi connectivity index (χ3v) is 13.9. The number of nitrogens with one attached hydrogen (secondary N) is 2. The number of benzene rings is 2. The summed E-state index contributed by atoms with van der Waals surface area (Å²) in [5.41, 5.74) is 15.2. The Morgan fingerprint density at radius 2 is 1.63 bits per heavy atom. The Morgan fingerprint density at radius 3 is 2.40 bits per heavy atom.